The molecule has 0 atom stereocenters. The lowest BCUT2D eigenvalue weighted by Crippen LogP contribution is -2.37. The van der Waals surface area contributed by atoms with Gasteiger partial charge in [0.2, 0.25) is 0 Å². The number of carbonyl (C=O) groups excluding carboxylic acids is 1. The Labute approximate surface area is 161 Å². The highest BCUT2D eigenvalue weighted by Gasteiger charge is 2.28. The van der Waals surface area contributed by atoms with Gasteiger partial charge < -0.3 is 19.5 Å². The number of rotatable bonds is 9. The van der Waals surface area contributed by atoms with Crippen LogP contribution in [-0.2, 0) is 4.79 Å². The van der Waals surface area contributed by atoms with Crippen molar-refractivity contribution in [2.45, 2.75) is 60.1 Å². The molecule has 0 saturated carbocycles. The first-order valence-corrected chi connectivity index (χ1v) is 9.40. The zero-order valence-corrected chi connectivity index (χ0v) is 17.1. The number of carbonyl (C=O) groups is 1. The maximum absolute atomic E-state index is 10.5. The summed E-state index contributed by atoms with van der Waals surface area (Å²) in [5.74, 6) is -2.01. The first kappa shape index (κ1) is 27.5. The van der Waals surface area contributed by atoms with Gasteiger partial charge in [-0.1, -0.05) is 39.8 Å². The molecule has 27 heavy (non-hydrogen) atoms. The molecule has 0 spiro atoms. The van der Waals surface area contributed by atoms with Crippen LogP contribution >= 0.6 is 0 Å². The third kappa shape index (κ3) is 16.2. The number of unbranched alkanes of at least 4 members (excludes halogenated alkanes) is 2. The van der Waals surface area contributed by atoms with Crippen molar-refractivity contribution in [3.05, 3.63) is 29.8 Å². The van der Waals surface area contributed by atoms with E-state index >= 15 is 0 Å². The molecule has 0 radical (unpaired) electrons. The Bertz CT molecular complexity index is 490. The van der Waals surface area contributed by atoms with E-state index in [4.69, 9.17) is 14.6 Å². The summed E-state index contributed by atoms with van der Waals surface area (Å²) in [6, 6.07) is 8.26. The minimum Gasteiger partial charge on any atom is -0.542 e. The molecule has 0 fully saturated rings. The Morgan fingerprint density at radius 3 is 2.11 bits per heavy atom. The van der Waals surface area contributed by atoms with Gasteiger partial charge in [0, 0.05) is 0 Å². The van der Waals surface area contributed by atoms with Crippen LogP contribution in [0.15, 0.2) is 24.3 Å². The maximum Gasteiger partial charge on any atom is 0.430 e. The maximum atomic E-state index is 10.5. The van der Waals surface area contributed by atoms with Crippen molar-refractivity contribution in [1.82, 2.24) is 4.90 Å². The van der Waals surface area contributed by atoms with Gasteiger partial charge in [0.1, 0.15) is 11.7 Å². The minimum absolute atomic E-state index is 0.835. The lowest BCUT2D eigenvalue weighted by molar-refractivity contribution is -0.344. The zero-order valence-electron chi connectivity index (χ0n) is 17.1. The van der Waals surface area contributed by atoms with Crippen LogP contribution in [0.1, 0.15) is 52.5 Å². The smallest absolute Gasteiger partial charge is 0.430 e. The molecule has 158 valence electrons. The molecule has 4 nitrogen and oxygen atoms in total. The number of aryl methyl sites for hydroxylation is 1. The van der Waals surface area contributed by atoms with Crippen LogP contribution in [0.4, 0.5) is 13.2 Å². The molecule has 1 aromatic carbocycles. The van der Waals surface area contributed by atoms with E-state index in [-0.39, 0.29) is 0 Å². The van der Waals surface area contributed by atoms with Gasteiger partial charge >= 0.3 is 6.18 Å². The van der Waals surface area contributed by atoms with Gasteiger partial charge in [-0.3, -0.25) is 0 Å². The lowest BCUT2D eigenvalue weighted by atomic mass is 10.2. The molecule has 0 heterocycles. The molecule has 0 aliphatic heterocycles. The van der Waals surface area contributed by atoms with E-state index in [9.17, 15) is 13.2 Å². The monoisotopic (exact) mass is 392 g/mol. The average molecular weight is 392 g/mol. The van der Waals surface area contributed by atoms with Crippen LogP contribution in [0, 0.1) is 6.92 Å². The molecule has 1 aromatic rings. The number of hydrogen-bond acceptors (Lipinski definition) is 4. The molecule has 0 bridgehead atoms. The van der Waals surface area contributed by atoms with Gasteiger partial charge in [0.15, 0.2) is 0 Å². The van der Waals surface area contributed by atoms with Crippen molar-refractivity contribution in [2.24, 2.45) is 0 Å². The zero-order chi connectivity index (χ0) is 21.3. The molecule has 0 aromatic heterocycles. The highest BCUT2D eigenvalue weighted by molar-refractivity contribution is 5.70. The SMILES string of the molecule is CC.CCN(CC)CCCCCOc1cccc(C)c1.O=C([O-])C(F)(F)F. The van der Waals surface area contributed by atoms with E-state index in [0.29, 0.717) is 0 Å². The van der Waals surface area contributed by atoms with Crippen LogP contribution in [0.2, 0.25) is 0 Å². The first-order valence-electron chi connectivity index (χ1n) is 9.40. The van der Waals surface area contributed by atoms with Crippen molar-refractivity contribution in [3.63, 3.8) is 0 Å². The molecule has 7 heteroatoms. The second-order valence-electron chi connectivity index (χ2n) is 5.54. The molecular formula is C20H33F3NO3-. The third-order valence-electron chi connectivity index (χ3n) is 3.50. The number of aliphatic carboxylic acids is 1. The number of nitrogens with zero attached hydrogens (tertiary/aromatic N) is 1. The number of alkyl halides is 3. The number of ether oxygens (including phenoxy) is 1. The van der Waals surface area contributed by atoms with E-state index in [2.05, 4.69) is 37.8 Å². The molecule has 0 amide bonds. The third-order valence-corrected chi connectivity index (χ3v) is 3.50. The number of halogens is 3. The van der Waals surface area contributed by atoms with Crippen molar-refractivity contribution >= 4 is 5.97 Å². The van der Waals surface area contributed by atoms with Crippen molar-refractivity contribution in [2.75, 3.05) is 26.2 Å². The van der Waals surface area contributed by atoms with Crippen LogP contribution in [0.5, 0.6) is 5.75 Å². The van der Waals surface area contributed by atoms with Gasteiger partial charge in [-0.25, -0.2) is 0 Å². The Morgan fingerprint density at radius 1 is 1.11 bits per heavy atom. The normalized spacial score (nSPS) is 10.4. The molecule has 0 aliphatic rings. The second-order valence-corrected chi connectivity index (χ2v) is 5.54. The summed E-state index contributed by atoms with van der Waals surface area (Å²) in [7, 11) is 0. The Balaban J connectivity index is 0. The summed E-state index contributed by atoms with van der Waals surface area (Å²) in [6.45, 7) is 14.9. The molecular weight excluding hydrogens is 359 g/mol. The quantitative estimate of drug-likeness (QED) is 0.591. The van der Waals surface area contributed by atoms with Crippen molar-refractivity contribution in [1.29, 1.82) is 0 Å². The summed E-state index contributed by atoms with van der Waals surface area (Å²) < 4.78 is 37.3. The molecule has 0 unspecified atom stereocenters. The molecule has 0 saturated heterocycles. The summed E-state index contributed by atoms with van der Waals surface area (Å²) in [5.41, 5.74) is 1.26. The fraction of sp³-hybridized carbons (Fsp3) is 0.650. The summed E-state index contributed by atoms with van der Waals surface area (Å²) in [6.07, 6.45) is -1.52. The van der Waals surface area contributed by atoms with E-state index < -0.39 is 12.1 Å². The summed E-state index contributed by atoms with van der Waals surface area (Å²) >= 11 is 0. The van der Waals surface area contributed by atoms with E-state index in [1.807, 2.05) is 26.0 Å². The number of carboxylic acids is 1. The first-order chi connectivity index (χ1) is 12.7. The van der Waals surface area contributed by atoms with Crippen LogP contribution in [0.3, 0.4) is 0 Å². The predicted octanol–water partition coefficient (Wildman–Crippen LogP) is 4.21. The molecule has 1 rings (SSSR count). The van der Waals surface area contributed by atoms with Crippen molar-refractivity contribution in [3.8, 4) is 5.75 Å². The van der Waals surface area contributed by atoms with Crippen LogP contribution in [-0.4, -0.2) is 43.3 Å². The second kappa shape index (κ2) is 16.4. The van der Waals surface area contributed by atoms with Crippen molar-refractivity contribution < 1.29 is 27.8 Å². The fourth-order valence-electron chi connectivity index (χ4n) is 2.05. The number of hydrogen-bond donors (Lipinski definition) is 0. The Morgan fingerprint density at radius 2 is 1.67 bits per heavy atom. The molecule has 0 N–H and O–H groups in total. The van der Waals surface area contributed by atoms with Gasteiger partial charge in [0.25, 0.3) is 0 Å². The van der Waals surface area contributed by atoms with Gasteiger partial charge in [-0.05, 0) is 63.5 Å². The molecule has 0 aliphatic carbocycles. The predicted molar refractivity (Wildman–Crippen MR) is 101 cm³/mol. The van der Waals surface area contributed by atoms with E-state index in [0.717, 1.165) is 31.9 Å². The van der Waals surface area contributed by atoms with Crippen LogP contribution < -0.4 is 9.84 Å². The lowest BCUT2D eigenvalue weighted by Gasteiger charge is -2.17. The minimum atomic E-state index is -5.19. The number of benzene rings is 1. The van der Waals surface area contributed by atoms with E-state index in [1.165, 1.54) is 24.9 Å². The largest absolute Gasteiger partial charge is 0.542 e. The standard InChI is InChI=1S/C16H27NO.C2HF3O2.C2H6/c1-4-17(5-2)12-7-6-8-13-18-16-11-9-10-15(3)14-16;3-2(4,5)1(6)7;1-2/h9-11,14H,4-8,12-13H2,1-3H3;(H,6,7);1-2H3/p-1. The highest BCUT2D eigenvalue weighted by atomic mass is 19.4. The fourth-order valence-corrected chi connectivity index (χ4v) is 2.05. The van der Waals surface area contributed by atoms with E-state index in [1.54, 1.807) is 0 Å². The van der Waals surface area contributed by atoms with Crippen LogP contribution in [0.25, 0.3) is 0 Å². The average Bonchev–Trinajstić information content (AvgIpc) is 2.63. The van der Waals surface area contributed by atoms with Gasteiger partial charge in [-0.15, -0.1) is 0 Å². The Hall–Kier alpha value is -1.76. The highest BCUT2D eigenvalue weighted by Crippen LogP contribution is 2.13. The summed E-state index contributed by atoms with van der Waals surface area (Å²) in [5, 5.41) is 8.78. The van der Waals surface area contributed by atoms with Gasteiger partial charge in [-0.2, -0.15) is 13.2 Å². The topological polar surface area (TPSA) is 52.6 Å². The van der Waals surface area contributed by atoms with Gasteiger partial charge in [0.05, 0.1) is 6.61 Å². The summed E-state index contributed by atoms with van der Waals surface area (Å²) in [4.78, 5) is 11.3. The Kier molecular flexibility index (Phi) is 16.7. The number of carboxylic acid groups (broad SMARTS) is 1.